The van der Waals surface area contributed by atoms with Gasteiger partial charge in [-0.25, -0.2) is 0 Å². The van der Waals surface area contributed by atoms with E-state index in [1.54, 1.807) is 11.8 Å². The van der Waals surface area contributed by atoms with Gasteiger partial charge >= 0.3 is 5.97 Å². The Labute approximate surface area is 93.9 Å². The van der Waals surface area contributed by atoms with Crippen molar-refractivity contribution in [2.75, 3.05) is 18.2 Å². The molecule has 0 saturated carbocycles. The van der Waals surface area contributed by atoms with Crippen molar-refractivity contribution in [3.63, 3.8) is 0 Å². The van der Waals surface area contributed by atoms with Crippen LogP contribution < -0.4 is 5.73 Å². The summed E-state index contributed by atoms with van der Waals surface area (Å²) >= 11 is 1.54. The van der Waals surface area contributed by atoms with Crippen molar-refractivity contribution >= 4 is 25.1 Å². The van der Waals surface area contributed by atoms with Crippen LogP contribution in [0.2, 0.25) is 0 Å². The topological polar surface area (TPSA) is 101 Å². The van der Waals surface area contributed by atoms with Crippen molar-refractivity contribution in [1.82, 2.24) is 0 Å². The molecular formula is C8H18NO4PS. The standard InChI is InChI=1S/C8H18NO4PS/c1-6(8(10)11)5-14(12,13)7(9)3-4-15-2/h6-7H,3-5,9H2,1-2H3,(H,10,11)(H,12,13). The summed E-state index contributed by atoms with van der Waals surface area (Å²) in [5.41, 5.74) is 5.57. The molecule has 3 unspecified atom stereocenters. The molecule has 0 heterocycles. The van der Waals surface area contributed by atoms with Gasteiger partial charge in [-0.15, -0.1) is 0 Å². The number of hydrogen-bond acceptors (Lipinski definition) is 4. The molecule has 0 fully saturated rings. The molecule has 0 rings (SSSR count). The molecule has 0 radical (unpaired) electrons. The van der Waals surface area contributed by atoms with Crippen molar-refractivity contribution in [3.8, 4) is 0 Å². The third kappa shape index (κ3) is 5.56. The number of thioether (sulfide) groups is 1. The summed E-state index contributed by atoms with van der Waals surface area (Å²) in [5.74, 6) is -2.01. The molecule has 0 aliphatic carbocycles. The lowest BCUT2D eigenvalue weighted by atomic mass is 10.2. The fourth-order valence-corrected chi connectivity index (χ4v) is 3.45. The lowest BCUT2D eigenvalue weighted by Crippen LogP contribution is -2.26. The quantitative estimate of drug-likeness (QED) is 0.587. The molecule has 0 aliphatic heterocycles. The molecule has 0 amide bonds. The number of aliphatic carboxylic acids is 1. The zero-order valence-electron chi connectivity index (χ0n) is 8.92. The first kappa shape index (κ1) is 15.0. The molecule has 0 bridgehead atoms. The van der Waals surface area contributed by atoms with E-state index in [2.05, 4.69) is 0 Å². The van der Waals surface area contributed by atoms with Crippen LogP contribution in [0.3, 0.4) is 0 Å². The van der Waals surface area contributed by atoms with Crippen LogP contribution in [0, 0.1) is 5.92 Å². The van der Waals surface area contributed by atoms with E-state index < -0.39 is 25.0 Å². The van der Waals surface area contributed by atoms with Crippen molar-refractivity contribution < 1.29 is 19.4 Å². The molecule has 0 spiro atoms. The number of rotatable bonds is 7. The first-order chi connectivity index (χ1) is 6.81. The highest BCUT2D eigenvalue weighted by atomic mass is 32.2. The number of nitrogens with two attached hydrogens (primary N) is 1. The Morgan fingerprint density at radius 1 is 1.60 bits per heavy atom. The van der Waals surface area contributed by atoms with E-state index in [4.69, 9.17) is 10.8 Å². The molecule has 0 aromatic carbocycles. The maximum atomic E-state index is 11.7. The summed E-state index contributed by atoms with van der Waals surface area (Å²) in [6.45, 7) is 1.41. The summed E-state index contributed by atoms with van der Waals surface area (Å²) in [4.78, 5) is 20.1. The van der Waals surface area contributed by atoms with Crippen molar-refractivity contribution in [2.45, 2.75) is 19.1 Å². The monoisotopic (exact) mass is 255 g/mol. The normalized spacial score (nSPS) is 19.2. The van der Waals surface area contributed by atoms with Crippen LogP contribution in [-0.2, 0) is 9.36 Å². The highest BCUT2D eigenvalue weighted by molar-refractivity contribution is 7.98. The lowest BCUT2D eigenvalue weighted by Gasteiger charge is -2.20. The van der Waals surface area contributed by atoms with E-state index in [-0.39, 0.29) is 6.16 Å². The first-order valence-electron chi connectivity index (χ1n) is 4.60. The largest absolute Gasteiger partial charge is 0.481 e. The van der Waals surface area contributed by atoms with Crippen LogP contribution >= 0.6 is 19.1 Å². The number of hydrogen-bond donors (Lipinski definition) is 3. The molecule has 0 aromatic heterocycles. The van der Waals surface area contributed by atoms with Crippen LogP contribution in [0.1, 0.15) is 13.3 Å². The second-order valence-electron chi connectivity index (χ2n) is 3.53. The average Bonchev–Trinajstić information content (AvgIpc) is 2.13. The van der Waals surface area contributed by atoms with Crippen LogP contribution in [0.4, 0.5) is 0 Å². The average molecular weight is 255 g/mol. The molecular weight excluding hydrogens is 237 g/mol. The van der Waals surface area contributed by atoms with Gasteiger partial charge in [-0.2, -0.15) is 11.8 Å². The molecule has 4 N–H and O–H groups in total. The zero-order valence-corrected chi connectivity index (χ0v) is 10.6. The highest BCUT2D eigenvalue weighted by Gasteiger charge is 2.31. The summed E-state index contributed by atoms with van der Waals surface area (Å²) in [6.07, 6.45) is 2.06. The zero-order chi connectivity index (χ0) is 12.1. The second-order valence-corrected chi connectivity index (χ2v) is 7.05. The summed E-state index contributed by atoms with van der Waals surface area (Å²) in [7, 11) is -3.54. The lowest BCUT2D eigenvalue weighted by molar-refractivity contribution is -0.140. The SMILES string of the molecule is CSCCC(N)P(=O)(O)CC(C)C(=O)O. The Balaban J connectivity index is 4.27. The summed E-state index contributed by atoms with van der Waals surface area (Å²) < 4.78 is 11.7. The predicted octanol–water partition coefficient (Wildman–Crippen LogP) is 1.02. The van der Waals surface area contributed by atoms with Gasteiger partial charge < -0.3 is 15.7 Å². The minimum atomic E-state index is -3.54. The molecule has 0 aromatic rings. The first-order valence-corrected chi connectivity index (χ1v) is 7.91. The Bertz CT molecular complexity index is 261. The van der Waals surface area contributed by atoms with Gasteiger partial charge in [0.1, 0.15) is 0 Å². The summed E-state index contributed by atoms with van der Waals surface area (Å²) in [5, 5.41) is 8.63. The van der Waals surface area contributed by atoms with Gasteiger partial charge in [0, 0.05) is 6.16 Å². The predicted molar refractivity (Wildman–Crippen MR) is 62.5 cm³/mol. The Morgan fingerprint density at radius 2 is 2.13 bits per heavy atom. The van der Waals surface area contributed by atoms with Gasteiger partial charge in [-0.05, 0) is 18.4 Å². The number of carboxylic acid groups (broad SMARTS) is 1. The van der Waals surface area contributed by atoms with E-state index in [0.717, 1.165) is 0 Å². The molecule has 0 aliphatic rings. The van der Waals surface area contributed by atoms with Gasteiger partial charge in [0.15, 0.2) is 0 Å². The maximum absolute atomic E-state index is 11.7. The van der Waals surface area contributed by atoms with E-state index in [0.29, 0.717) is 12.2 Å². The number of carbonyl (C=O) groups is 1. The van der Waals surface area contributed by atoms with Gasteiger partial charge in [-0.3, -0.25) is 9.36 Å². The van der Waals surface area contributed by atoms with E-state index in [9.17, 15) is 14.3 Å². The Morgan fingerprint density at radius 3 is 2.53 bits per heavy atom. The fraction of sp³-hybridized carbons (Fsp3) is 0.875. The van der Waals surface area contributed by atoms with Gasteiger partial charge in [0.05, 0.1) is 11.7 Å². The smallest absolute Gasteiger partial charge is 0.306 e. The number of carboxylic acids is 1. The van der Waals surface area contributed by atoms with E-state index in [1.807, 2.05) is 6.26 Å². The van der Waals surface area contributed by atoms with Gasteiger partial charge in [0.2, 0.25) is 7.37 Å². The molecule has 7 heteroatoms. The summed E-state index contributed by atoms with van der Waals surface area (Å²) in [6, 6.07) is 0. The molecule has 15 heavy (non-hydrogen) atoms. The third-order valence-corrected chi connectivity index (χ3v) is 5.10. The molecule has 0 saturated heterocycles. The highest BCUT2D eigenvalue weighted by Crippen LogP contribution is 2.47. The van der Waals surface area contributed by atoms with Gasteiger partial charge in [-0.1, -0.05) is 6.92 Å². The second kappa shape index (κ2) is 6.53. The van der Waals surface area contributed by atoms with Crippen molar-refractivity contribution in [1.29, 1.82) is 0 Å². The van der Waals surface area contributed by atoms with E-state index in [1.165, 1.54) is 6.92 Å². The van der Waals surface area contributed by atoms with Crippen LogP contribution in [-0.4, -0.2) is 39.9 Å². The van der Waals surface area contributed by atoms with Crippen LogP contribution in [0.15, 0.2) is 0 Å². The van der Waals surface area contributed by atoms with Gasteiger partial charge in [0.25, 0.3) is 0 Å². The fourth-order valence-electron chi connectivity index (χ4n) is 1.05. The van der Waals surface area contributed by atoms with Crippen LogP contribution in [0.5, 0.6) is 0 Å². The van der Waals surface area contributed by atoms with Crippen molar-refractivity contribution in [3.05, 3.63) is 0 Å². The minimum Gasteiger partial charge on any atom is -0.481 e. The molecule has 90 valence electrons. The van der Waals surface area contributed by atoms with E-state index >= 15 is 0 Å². The van der Waals surface area contributed by atoms with Crippen LogP contribution in [0.25, 0.3) is 0 Å². The maximum Gasteiger partial charge on any atom is 0.306 e. The van der Waals surface area contributed by atoms with Crippen molar-refractivity contribution in [2.24, 2.45) is 11.7 Å². The third-order valence-electron chi connectivity index (χ3n) is 2.09. The Kier molecular flexibility index (Phi) is 6.52. The minimum absolute atomic E-state index is 0.252. The molecule has 5 nitrogen and oxygen atoms in total. The Hall–Kier alpha value is -0.0300. The molecule has 3 atom stereocenters.